The summed E-state index contributed by atoms with van der Waals surface area (Å²) in [4.78, 5) is 50.0. The first-order chi connectivity index (χ1) is 13.8. The van der Waals surface area contributed by atoms with E-state index in [0.29, 0.717) is 32.7 Å². The van der Waals surface area contributed by atoms with E-state index in [1.165, 1.54) is 28.4 Å². The van der Waals surface area contributed by atoms with Crippen molar-refractivity contribution in [1.29, 1.82) is 0 Å². The second-order valence-corrected chi connectivity index (χ2v) is 6.49. The molecule has 29 heavy (non-hydrogen) atoms. The molecule has 0 aromatic heterocycles. The Morgan fingerprint density at radius 3 is 1.24 bits per heavy atom. The number of methoxy groups -OCH3 is 4. The molecule has 0 saturated heterocycles. The van der Waals surface area contributed by atoms with E-state index in [4.69, 9.17) is 9.47 Å². The largest absolute Gasteiger partial charge is 0.469 e. The van der Waals surface area contributed by atoms with Crippen molar-refractivity contribution in [1.82, 2.24) is 9.80 Å². The predicted octanol–water partition coefficient (Wildman–Crippen LogP) is 0.231. The predicted molar refractivity (Wildman–Crippen MR) is 104 cm³/mol. The first-order valence-electron chi connectivity index (χ1n) is 9.51. The fourth-order valence-corrected chi connectivity index (χ4v) is 2.71. The molecule has 0 rings (SSSR count). The Morgan fingerprint density at radius 2 is 0.931 bits per heavy atom. The van der Waals surface area contributed by atoms with Crippen LogP contribution in [0.5, 0.6) is 0 Å². The highest BCUT2D eigenvalue weighted by molar-refractivity contribution is 5.70. The second kappa shape index (κ2) is 15.7. The van der Waals surface area contributed by atoms with E-state index < -0.39 is 0 Å². The van der Waals surface area contributed by atoms with Crippen LogP contribution in [-0.4, -0.2) is 101 Å². The summed E-state index contributed by atoms with van der Waals surface area (Å²) in [6, 6.07) is -0.0559. The van der Waals surface area contributed by atoms with Gasteiger partial charge in [0.25, 0.3) is 0 Å². The van der Waals surface area contributed by atoms with Gasteiger partial charge in [0.15, 0.2) is 0 Å². The monoisotopic (exact) mass is 418 g/mol. The summed E-state index contributed by atoms with van der Waals surface area (Å²) in [6.07, 6.45) is 0.752. The number of nitrogens with zero attached hydrogens (tertiary/aromatic N) is 2. The van der Waals surface area contributed by atoms with Crippen molar-refractivity contribution in [3.8, 4) is 0 Å². The van der Waals surface area contributed by atoms with Crippen molar-refractivity contribution >= 4 is 23.9 Å². The van der Waals surface area contributed by atoms with Gasteiger partial charge < -0.3 is 23.8 Å². The zero-order valence-electron chi connectivity index (χ0n) is 18.1. The summed E-state index contributed by atoms with van der Waals surface area (Å²) in [6.45, 7) is 4.12. The Hall–Kier alpha value is -2.20. The van der Waals surface area contributed by atoms with E-state index in [1.54, 1.807) is 0 Å². The molecular weight excluding hydrogens is 384 g/mol. The molecule has 0 saturated carbocycles. The summed E-state index contributed by atoms with van der Waals surface area (Å²) in [5, 5.41) is 0. The Balaban J connectivity index is 5.01. The topological polar surface area (TPSA) is 112 Å². The van der Waals surface area contributed by atoms with Gasteiger partial charge in [-0.05, 0) is 6.92 Å². The van der Waals surface area contributed by atoms with Crippen molar-refractivity contribution in [2.45, 2.75) is 38.6 Å². The van der Waals surface area contributed by atoms with Crippen LogP contribution >= 0.6 is 0 Å². The van der Waals surface area contributed by atoms with Gasteiger partial charge in [-0.2, -0.15) is 0 Å². The van der Waals surface area contributed by atoms with Gasteiger partial charge in [-0.1, -0.05) is 0 Å². The lowest BCUT2D eigenvalue weighted by Gasteiger charge is -2.33. The molecule has 1 unspecified atom stereocenters. The van der Waals surface area contributed by atoms with Crippen molar-refractivity contribution in [2.75, 3.05) is 61.2 Å². The van der Waals surface area contributed by atoms with Crippen LogP contribution in [0, 0.1) is 0 Å². The Labute approximate surface area is 172 Å². The lowest BCUT2D eigenvalue weighted by molar-refractivity contribution is -0.143. The van der Waals surface area contributed by atoms with Crippen molar-refractivity contribution < 1.29 is 38.1 Å². The molecule has 10 nitrogen and oxygen atoms in total. The molecular formula is C19H34N2O8. The van der Waals surface area contributed by atoms with Crippen LogP contribution < -0.4 is 0 Å². The van der Waals surface area contributed by atoms with E-state index in [2.05, 4.69) is 9.47 Å². The molecule has 0 aromatic rings. The van der Waals surface area contributed by atoms with Gasteiger partial charge in [0.05, 0.1) is 54.1 Å². The highest BCUT2D eigenvalue weighted by Gasteiger charge is 2.21. The van der Waals surface area contributed by atoms with Crippen LogP contribution in [0.1, 0.15) is 32.6 Å². The van der Waals surface area contributed by atoms with Crippen LogP contribution in [0.15, 0.2) is 0 Å². The smallest absolute Gasteiger partial charge is 0.306 e. The Morgan fingerprint density at radius 1 is 0.621 bits per heavy atom. The van der Waals surface area contributed by atoms with Gasteiger partial charge in [-0.25, -0.2) is 0 Å². The molecule has 0 heterocycles. The number of carbonyl (C=O) groups excluding carboxylic acids is 4. The Bertz CT molecular complexity index is 486. The number of rotatable bonds is 15. The molecule has 0 N–H and O–H groups in total. The third kappa shape index (κ3) is 12.8. The third-order valence-corrected chi connectivity index (χ3v) is 4.53. The molecule has 0 aliphatic heterocycles. The number of hydrogen-bond donors (Lipinski definition) is 0. The van der Waals surface area contributed by atoms with E-state index in [1.807, 2.05) is 16.7 Å². The zero-order valence-corrected chi connectivity index (χ0v) is 18.1. The van der Waals surface area contributed by atoms with Gasteiger partial charge in [-0.15, -0.1) is 0 Å². The van der Waals surface area contributed by atoms with E-state index in [9.17, 15) is 19.2 Å². The summed E-state index contributed by atoms with van der Waals surface area (Å²) >= 11 is 0. The lowest BCUT2D eigenvalue weighted by Crippen LogP contribution is -2.45. The number of ether oxygens (including phenoxy) is 4. The van der Waals surface area contributed by atoms with Crippen LogP contribution in [-0.2, 0) is 38.1 Å². The fraction of sp³-hybridized carbons (Fsp3) is 0.789. The molecule has 0 aromatic carbocycles. The van der Waals surface area contributed by atoms with E-state index in [0.717, 1.165) is 0 Å². The highest BCUT2D eigenvalue weighted by atomic mass is 16.5. The summed E-state index contributed by atoms with van der Waals surface area (Å²) < 4.78 is 18.8. The van der Waals surface area contributed by atoms with Crippen LogP contribution in [0.25, 0.3) is 0 Å². The summed E-state index contributed by atoms with van der Waals surface area (Å²) in [5.41, 5.74) is 0. The number of carbonyl (C=O) groups is 4. The summed E-state index contributed by atoms with van der Waals surface area (Å²) in [5.74, 6) is -1.36. The van der Waals surface area contributed by atoms with Gasteiger partial charge in [-0.3, -0.25) is 24.1 Å². The van der Waals surface area contributed by atoms with Gasteiger partial charge in [0.1, 0.15) is 0 Å². The Kier molecular flexibility index (Phi) is 14.5. The molecule has 0 fully saturated rings. The van der Waals surface area contributed by atoms with Crippen molar-refractivity contribution in [2.24, 2.45) is 0 Å². The van der Waals surface area contributed by atoms with Crippen LogP contribution in [0.4, 0.5) is 0 Å². The maximum atomic E-state index is 11.5. The number of hydrogen-bond acceptors (Lipinski definition) is 10. The van der Waals surface area contributed by atoms with Crippen molar-refractivity contribution in [3.05, 3.63) is 0 Å². The third-order valence-electron chi connectivity index (χ3n) is 4.53. The minimum Gasteiger partial charge on any atom is -0.469 e. The quantitative estimate of drug-likeness (QED) is 0.271. The summed E-state index contributed by atoms with van der Waals surface area (Å²) in [7, 11) is 5.30. The van der Waals surface area contributed by atoms with Gasteiger partial charge >= 0.3 is 23.9 Å². The minimum absolute atomic E-state index is 0.0559. The van der Waals surface area contributed by atoms with Gasteiger partial charge in [0.2, 0.25) is 0 Å². The van der Waals surface area contributed by atoms with Crippen LogP contribution in [0.3, 0.4) is 0 Å². The first kappa shape index (κ1) is 26.8. The molecule has 0 aliphatic carbocycles. The molecule has 0 amide bonds. The highest BCUT2D eigenvalue weighted by Crippen LogP contribution is 2.08. The molecule has 10 heteroatoms. The van der Waals surface area contributed by atoms with Gasteiger partial charge in [0, 0.05) is 38.8 Å². The average molecular weight is 418 g/mol. The van der Waals surface area contributed by atoms with Crippen LogP contribution in [0.2, 0.25) is 0 Å². The average Bonchev–Trinajstić information content (AvgIpc) is 2.73. The molecule has 0 bridgehead atoms. The molecule has 168 valence electrons. The fourth-order valence-electron chi connectivity index (χ4n) is 2.71. The molecule has 1 atom stereocenters. The minimum atomic E-state index is -0.339. The second-order valence-electron chi connectivity index (χ2n) is 6.49. The van der Waals surface area contributed by atoms with E-state index in [-0.39, 0.29) is 55.6 Å². The zero-order chi connectivity index (χ0) is 22.2. The molecule has 0 aliphatic rings. The maximum absolute atomic E-state index is 11.5. The van der Waals surface area contributed by atoms with E-state index >= 15 is 0 Å². The normalized spacial score (nSPS) is 11.8. The molecule has 0 spiro atoms. The first-order valence-corrected chi connectivity index (χ1v) is 9.51. The maximum Gasteiger partial charge on any atom is 0.306 e. The standard InChI is InChI=1S/C19H34N2O8/c1-15(21(12-8-18(24)28-4)13-9-19(25)29-5)14-20(10-6-16(22)26-2)11-7-17(23)27-3/h15H,6-14H2,1-5H3. The molecule has 0 radical (unpaired) electrons. The SMILES string of the molecule is COC(=O)CCN(CCC(=O)OC)CC(C)N(CCC(=O)OC)CCC(=O)OC. The lowest BCUT2D eigenvalue weighted by atomic mass is 10.2. The van der Waals surface area contributed by atoms with Crippen molar-refractivity contribution in [3.63, 3.8) is 0 Å². The number of esters is 4.